The molecule has 206 valence electrons. The number of unbranched alkanes of at least 4 members (excludes halogenated alkanes) is 16. The predicted octanol–water partition coefficient (Wildman–Crippen LogP) is 9.94. The summed E-state index contributed by atoms with van der Waals surface area (Å²) < 4.78 is 5.83. The summed E-state index contributed by atoms with van der Waals surface area (Å²) in [5.41, 5.74) is 0. The zero-order valence-electron chi connectivity index (χ0n) is 23.4. The Kier molecular flexibility index (Phi) is 26.2. The van der Waals surface area contributed by atoms with Gasteiger partial charge in [0.15, 0.2) is 0 Å². The monoisotopic (exact) mass is 494 g/mol. The number of carbonyl (C=O) groups excluding carboxylic acids is 1. The molecule has 0 bridgehead atoms. The van der Waals surface area contributed by atoms with Gasteiger partial charge in [0, 0.05) is 12.8 Å². The average molecular weight is 495 g/mol. The SMILES string of the molecule is CCCCCC/C=C\CCCCCCCCC(=O)OC(CCCC)CCCCCCCCC(=O)O. The van der Waals surface area contributed by atoms with Gasteiger partial charge in [-0.2, -0.15) is 0 Å². The molecule has 4 nitrogen and oxygen atoms in total. The maximum atomic E-state index is 12.3. The number of carboxylic acid groups (broad SMARTS) is 1. The highest BCUT2D eigenvalue weighted by atomic mass is 16.5. The smallest absolute Gasteiger partial charge is 0.306 e. The molecule has 0 saturated carbocycles. The molecule has 0 heterocycles. The summed E-state index contributed by atoms with van der Waals surface area (Å²) in [6, 6.07) is 0. The number of hydrogen-bond acceptors (Lipinski definition) is 3. The summed E-state index contributed by atoms with van der Waals surface area (Å²) in [6.45, 7) is 4.44. The Bertz CT molecular complexity index is 500. The Morgan fingerprint density at radius 2 is 1.06 bits per heavy atom. The lowest BCUT2D eigenvalue weighted by Crippen LogP contribution is -2.18. The Morgan fingerprint density at radius 1 is 0.600 bits per heavy atom. The van der Waals surface area contributed by atoms with Gasteiger partial charge in [-0.15, -0.1) is 0 Å². The van der Waals surface area contributed by atoms with E-state index < -0.39 is 5.97 Å². The first-order valence-electron chi connectivity index (χ1n) is 15.2. The van der Waals surface area contributed by atoms with Gasteiger partial charge < -0.3 is 9.84 Å². The van der Waals surface area contributed by atoms with E-state index in [1.807, 2.05) is 0 Å². The van der Waals surface area contributed by atoms with Gasteiger partial charge in [-0.3, -0.25) is 9.59 Å². The molecule has 0 aromatic carbocycles. The fourth-order valence-electron chi connectivity index (χ4n) is 4.46. The molecule has 0 saturated heterocycles. The van der Waals surface area contributed by atoms with Crippen molar-refractivity contribution in [1.82, 2.24) is 0 Å². The molecule has 0 aliphatic carbocycles. The first-order valence-corrected chi connectivity index (χ1v) is 15.2. The van der Waals surface area contributed by atoms with Crippen LogP contribution >= 0.6 is 0 Å². The molecule has 0 rings (SSSR count). The lowest BCUT2D eigenvalue weighted by Gasteiger charge is -2.18. The van der Waals surface area contributed by atoms with Crippen LogP contribution in [0.2, 0.25) is 0 Å². The Morgan fingerprint density at radius 3 is 1.63 bits per heavy atom. The highest BCUT2D eigenvalue weighted by molar-refractivity contribution is 5.69. The zero-order valence-corrected chi connectivity index (χ0v) is 23.4. The highest BCUT2D eigenvalue weighted by Crippen LogP contribution is 2.17. The third kappa shape index (κ3) is 27.1. The molecule has 35 heavy (non-hydrogen) atoms. The van der Waals surface area contributed by atoms with Crippen molar-refractivity contribution in [2.45, 2.75) is 174 Å². The quantitative estimate of drug-likeness (QED) is 0.0701. The number of rotatable bonds is 27. The first kappa shape index (κ1) is 33.7. The van der Waals surface area contributed by atoms with E-state index in [4.69, 9.17) is 9.84 Å². The van der Waals surface area contributed by atoms with E-state index in [9.17, 15) is 9.59 Å². The van der Waals surface area contributed by atoms with Crippen molar-refractivity contribution in [2.24, 2.45) is 0 Å². The van der Waals surface area contributed by atoms with Crippen LogP contribution in [0, 0.1) is 0 Å². The normalized spacial score (nSPS) is 12.3. The second kappa shape index (κ2) is 27.3. The molecule has 0 radical (unpaired) electrons. The fraction of sp³-hybridized carbons (Fsp3) is 0.871. The second-order valence-electron chi connectivity index (χ2n) is 10.3. The van der Waals surface area contributed by atoms with Gasteiger partial charge in [-0.25, -0.2) is 0 Å². The summed E-state index contributed by atoms with van der Waals surface area (Å²) in [6.07, 6.45) is 31.1. The summed E-state index contributed by atoms with van der Waals surface area (Å²) in [4.78, 5) is 22.9. The Labute approximate surface area is 217 Å². The number of carboxylic acids is 1. The molecule has 1 unspecified atom stereocenters. The van der Waals surface area contributed by atoms with Crippen LogP contribution in [-0.2, 0) is 14.3 Å². The topological polar surface area (TPSA) is 63.6 Å². The zero-order chi connectivity index (χ0) is 25.8. The van der Waals surface area contributed by atoms with Gasteiger partial charge in [0.05, 0.1) is 0 Å². The van der Waals surface area contributed by atoms with Crippen molar-refractivity contribution in [1.29, 1.82) is 0 Å². The third-order valence-corrected chi connectivity index (χ3v) is 6.74. The number of allylic oxidation sites excluding steroid dienone is 2. The maximum Gasteiger partial charge on any atom is 0.306 e. The molecule has 0 aliphatic rings. The van der Waals surface area contributed by atoms with Crippen LogP contribution < -0.4 is 0 Å². The average Bonchev–Trinajstić information content (AvgIpc) is 2.83. The first-order chi connectivity index (χ1) is 17.1. The molecule has 1 N–H and O–H groups in total. The van der Waals surface area contributed by atoms with Crippen molar-refractivity contribution in [3.05, 3.63) is 12.2 Å². The standard InChI is InChI=1S/C31H58O4/c1-3-5-7-8-9-10-11-12-13-14-15-16-21-24-28-31(34)35-29(25-6-4-2)26-22-19-17-18-20-23-27-30(32)33/h10-11,29H,3-9,12-28H2,1-2H3,(H,32,33)/b11-10-. The van der Waals surface area contributed by atoms with Gasteiger partial charge >= 0.3 is 11.9 Å². The molecule has 0 aromatic rings. The number of hydrogen-bond donors (Lipinski definition) is 1. The summed E-state index contributed by atoms with van der Waals surface area (Å²) in [5.74, 6) is -0.707. The van der Waals surface area contributed by atoms with Crippen LogP contribution in [0.4, 0.5) is 0 Å². The minimum Gasteiger partial charge on any atom is -0.481 e. The maximum absolute atomic E-state index is 12.3. The van der Waals surface area contributed by atoms with Crippen LogP contribution in [-0.4, -0.2) is 23.1 Å². The highest BCUT2D eigenvalue weighted by Gasteiger charge is 2.13. The van der Waals surface area contributed by atoms with Crippen molar-refractivity contribution in [3.63, 3.8) is 0 Å². The van der Waals surface area contributed by atoms with E-state index in [0.29, 0.717) is 6.42 Å². The summed E-state index contributed by atoms with van der Waals surface area (Å²) >= 11 is 0. The molecule has 0 aromatic heterocycles. The summed E-state index contributed by atoms with van der Waals surface area (Å²) in [7, 11) is 0. The predicted molar refractivity (Wildman–Crippen MR) is 149 cm³/mol. The summed E-state index contributed by atoms with van der Waals surface area (Å²) in [5, 5.41) is 8.67. The molecule has 0 fully saturated rings. The van der Waals surface area contributed by atoms with Crippen LogP contribution in [0.1, 0.15) is 168 Å². The lowest BCUT2D eigenvalue weighted by molar-refractivity contribution is -0.150. The molecule has 1 atom stereocenters. The lowest BCUT2D eigenvalue weighted by atomic mass is 10.0. The Balaban J connectivity index is 3.69. The van der Waals surface area contributed by atoms with E-state index in [0.717, 1.165) is 77.0 Å². The van der Waals surface area contributed by atoms with Crippen molar-refractivity contribution < 1.29 is 19.4 Å². The number of carbonyl (C=O) groups is 2. The van der Waals surface area contributed by atoms with Crippen molar-refractivity contribution >= 4 is 11.9 Å². The number of esters is 1. The Hall–Kier alpha value is -1.32. The molecule has 0 spiro atoms. The van der Waals surface area contributed by atoms with Crippen LogP contribution in [0.5, 0.6) is 0 Å². The third-order valence-electron chi connectivity index (χ3n) is 6.74. The fourth-order valence-corrected chi connectivity index (χ4v) is 4.46. The van der Waals surface area contributed by atoms with Gasteiger partial charge in [-0.1, -0.05) is 109 Å². The minimum atomic E-state index is -0.697. The van der Waals surface area contributed by atoms with Gasteiger partial charge in [0.2, 0.25) is 0 Å². The van der Waals surface area contributed by atoms with Gasteiger partial charge in [0.25, 0.3) is 0 Å². The molecule has 0 amide bonds. The second-order valence-corrected chi connectivity index (χ2v) is 10.3. The molecular weight excluding hydrogens is 436 g/mol. The largest absolute Gasteiger partial charge is 0.481 e. The van der Waals surface area contributed by atoms with E-state index >= 15 is 0 Å². The minimum absolute atomic E-state index is 0.0103. The van der Waals surface area contributed by atoms with Gasteiger partial charge in [-0.05, 0) is 57.8 Å². The van der Waals surface area contributed by atoms with Crippen LogP contribution in [0.3, 0.4) is 0 Å². The van der Waals surface area contributed by atoms with Gasteiger partial charge in [0.1, 0.15) is 6.10 Å². The van der Waals surface area contributed by atoms with Crippen LogP contribution in [0.25, 0.3) is 0 Å². The number of ether oxygens (including phenoxy) is 1. The van der Waals surface area contributed by atoms with Crippen molar-refractivity contribution in [3.8, 4) is 0 Å². The van der Waals surface area contributed by atoms with E-state index in [1.165, 1.54) is 64.2 Å². The van der Waals surface area contributed by atoms with Crippen molar-refractivity contribution in [2.75, 3.05) is 0 Å². The van der Waals surface area contributed by atoms with E-state index in [2.05, 4.69) is 26.0 Å². The van der Waals surface area contributed by atoms with Crippen LogP contribution in [0.15, 0.2) is 12.2 Å². The molecular formula is C31H58O4. The molecule has 0 aliphatic heterocycles. The molecule has 4 heteroatoms. The number of aliphatic carboxylic acids is 1. The van der Waals surface area contributed by atoms with E-state index in [1.54, 1.807) is 0 Å². The van der Waals surface area contributed by atoms with E-state index in [-0.39, 0.29) is 18.5 Å².